The van der Waals surface area contributed by atoms with Gasteiger partial charge in [-0.05, 0) is 12.8 Å². The molecule has 7 heteroatoms. The number of nitrogens with zero attached hydrogens (tertiary/aromatic N) is 3. The number of aromatic nitrogens is 2. The molecule has 0 fully saturated rings. The summed E-state index contributed by atoms with van der Waals surface area (Å²) in [6.45, 7) is 4.47. The zero-order valence-electron chi connectivity index (χ0n) is 11.0. The second kappa shape index (κ2) is 6.54. The SMILES string of the molecule is CCC(CC)N(C)S(=O)(=O)c1cnn(CCCl)c1. The van der Waals surface area contributed by atoms with E-state index in [1.165, 1.54) is 16.7 Å². The Hall–Kier alpha value is -0.590. The lowest BCUT2D eigenvalue weighted by Crippen LogP contribution is -2.36. The molecule has 104 valence electrons. The van der Waals surface area contributed by atoms with Crippen molar-refractivity contribution in [2.75, 3.05) is 12.9 Å². The molecule has 0 aliphatic heterocycles. The standard InChI is InChI=1S/C11H20ClN3O2S/c1-4-10(5-2)14(3)18(16,17)11-8-13-15(9-11)7-6-12/h8-10H,4-7H2,1-3H3. The number of hydrogen-bond donors (Lipinski definition) is 0. The maximum absolute atomic E-state index is 12.3. The third kappa shape index (κ3) is 3.24. The first kappa shape index (κ1) is 15.5. The van der Waals surface area contributed by atoms with Gasteiger partial charge in [-0.2, -0.15) is 9.40 Å². The van der Waals surface area contributed by atoms with E-state index < -0.39 is 10.0 Å². The first-order valence-electron chi connectivity index (χ1n) is 6.03. The zero-order valence-corrected chi connectivity index (χ0v) is 12.6. The van der Waals surface area contributed by atoms with Crippen molar-refractivity contribution in [2.24, 2.45) is 0 Å². The Labute approximate surface area is 114 Å². The maximum Gasteiger partial charge on any atom is 0.246 e. The fourth-order valence-corrected chi connectivity index (χ4v) is 3.48. The fourth-order valence-electron chi connectivity index (χ4n) is 1.85. The molecule has 0 N–H and O–H groups in total. The van der Waals surface area contributed by atoms with Gasteiger partial charge in [-0.3, -0.25) is 4.68 Å². The van der Waals surface area contributed by atoms with Crippen LogP contribution in [0, 0.1) is 0 Å². The Morgan fingerprint density at radius 3 is 2.56 bits per heavy atom. The molecular weight excluding hydrogens is 274 g/mol. The van der Waals surface area contributed by atoms with Crippen LogP contribution in [-0.2, 0) is 16.6 Å². The van der Waals surface area contributed by atoms with Crippen LogP contribution in [0.25, 0.3) is 0 Å². The van der Waals surface area contributed by atoms with Gasteiger partial charge in [0.05, 0.1) is 12.7 Å². The Morgan fingerprint density at radius 1 is 1.44 bits per heavy atom. The first-order chi connectivity index (χ1) is 8.47. The Balaban J connectivity index is 2.97. The summed E-state index contributed by atoms with van der Waals surface area (Å²) in [5.74, 6) is 0.406. The van der Waals surface area contributed by atoms with Gasteiger partial charge >= 0.3 is 0 Å². The summed E-state index contributed by atoms with van der Waals surface area (Å²) in [7, 11) is -1.84. The van der Waals surface area contributed by atoms with E-state index in [9.17, 15) is 8.42 Å². The molecular formula is C11H20ClN3O2S. The van der Waals surface area contributed by atoms with Crippen LogP contribution in [0.2, 0.25) is 0 Å². The van der Waals surface area contributed by atoms with Crippen LogP contribution in [-0.4, -0.2) is 41.5 Å². The molecule has 0 aliphatic rings. The normalized spacial score (nSPS) is 12.6. The van der Waals surface area contributed by atoms with Crippen molar-refractivity contribution in [1.29, 1.82) is 0 Å². The van der Waals surface area contributed by atoms with Crippen molar-refractivity contribution in [1.82, 2.24) is 14.1 Å². The van der Waals surface area contributed by atoms with Gasteiger partial charge in [-0.25, -0.2) is 8.42 Å². The monoisotopic (exact) mass is 293 g/mol. The molecule has 0 aromatic carbocycles. The molecule has 0 saturated heterocycles. The predicted molar refractivity (Wildman–Crippen MR) is 72.3 cm³/mol. The van der Waals surface area contributed by atoms with Crippen molar-refractivity contribution in [2.45, 2.75) is 44.2 Å². The smallest absolute Gasteiger partial charge is 0.246 e. The van der Waals surface area contributed by atoms with Gasteiger partial charge in [0.1, 0.15) is 4.90 Å². The topological polar surface area (TPSA) is 55.2 Å². The number of halogens is 1. The fraction of sp³-hybridized carbons (Fsp3) is 0.727. The molecule has 18 heavy (non-hydrogen) atoms. The van der Waals surface area contributed by atoms with E-state index in [-0.39, 0.29) is 10.9 Å². The molecule has 0 aliphatic carbocycles. The largest absolute Gasteiger partial charge is 0.270 e. The van der Waals surface area contributed by atoms with Crippen molar-refractivity contribution in [3.63, 3.8) is 0 Å². The average Bonchev–Trinajstić information content (AvgIpc) is 2.80. The highest BCUT2D eigenvalue weighted by Gasteiger charge is 2.27. The molecule has 0 radical (unpaired) electrons. The molecule has 0 bridgehead atoms. The van der Waals surface area contributed by atoms with Gasteiger partial charge < -0.3 is 0 Å². The quantitative estimate of drug-likeness (QED) is 0.722. The van der Waals surface area contributed by atoms with Gasteiger partial charge in [0.15, 0.2) is 0 Å². The van der Waals surface area contributed by atoms with Crippen LogP contribution < -0.4 is 0 Å². The molecule has 0 spiro atoms. The van der Waals surface area contributed by atoms with E-state index in [2.05, 4.69) is 5.10 Å². The molecule has 5 nitrogen and oxygen atoms in total. The first-order valence-corrected chi connectivity index (χ1v) is 8.01. The second-order valence-electron chi connectivity index (χ2n) is 4.12. The summed E-state index contributed by atoms with van der Waals surface area (Å²) in [6.07, 6.45) is 4.49. The van der Waals surface area contributed by atoms with Crippen LogP contribution >= 0.6 is 11.6 Å². The van der Waals surface area contributed by atoms with Crippen molar-refractivity contribution < 1.29 is 8.42 Å². The van der Waals surface area contributed by atoms with Gasteiger partial charge in [-0.1, -0.05) is 13.8 Å². The van der Waals surface area contributed by atoms with Crippen LogP contribution in [0.5, 0.6) is 0 Å². The average molecular weight is 294 g/mol. The lowest BCUT2D eigenvalue weighted by molar-refractivity contribution is 0.349. The number of hydrogen-bond acceptors (Lipinski definition) is 3. The predicted octanol–water partition coefficient (Wildman–Crippen LogP) is 1.93. The maximum atomic E-state index is 12.3. The third-order valence-electron chi connectivity index (χ3n) is 3.06. The van der Waals surface area contributed by atoms with E-state index in [1.807, 2.05) is 13.8 Å². The molecule has 1 rings (SSSR count). The molecule has 1 heterocycles. The van der Waals surface area contributed by atoms with Crippen LogP contribution in [0.15, 0.2) is 17.3 Å². The van der Waals surface area contributed by atoms with Gasteiger partial charge in [0, 0.05) is 25.2 Å². The van der Waals surface area contributed by atoms with E-state index in [4.69, 9.17) is 11.6 Å². The summed E-state index contributed by atoms with van der Waals surface area (Å²) in [5, 5.41) is 3.99. The minimum atomic E-state index is -3.45. The number of aryl methyl sites for hydroxylation is 1. The second-order valence-corrected chi connectivity index (χ2v) is 6.50. The van der Waals surface area contributed by atoms with Gasteiger partial charge in [0.25, 0.3) is 0 Å². The molecule has 1 aromatic heterocycles. The third-order valence-corrected chi connectivity index (χ3v) is 5.09. The molecule has 0 atom stereocenters. The highest BCUT2D eigenvalue weighted by Crippen LogP contribution is 2.18. The molecule has 0 unspecified atom stereocenters. The van der Waals surface area contributed by atoms with Crippen molar-refractivity contribution in [3.05, 3.63) is 12.4 Å². The highest BCUT2D eigenvalue weighted by atomic mass is 35.5. The van der Waals surface area contributed by atoms with E-state index in [0.717, 1.165) is 12.8 Å². The Morgan fingerprint density at radius 2 is 2.06 bits per heavy atom. The Kier molecular flexibility index (Phi) is 5.62. The number of rotatable bonds is 7. The zero-order chi connectivity index (χ0) is 13.8. The molecule has 0 saturated carbocycles. The minimum absolute atomic E-state index is 0.0198. The summed E-state index contributed by atoms with van der Waals surface area (Å²) in [4.78, 5) is 0.224. The van der Waals surface area contributed by atoms with Crippen LogP contribution in [0.4, 0.5) is 0 Å². The van der Waals surface area contributed by atoms with Crippen LogP contribution in [0.3, 0.4) is 0 Å². The lowest BCUT2D eigenvalue weighted by atomic mass is 10.2. The summed E-state index contributed by atoms with van der Waals surface area (Å²) < 4.78 is 27.7. The number of alkyl halides is 1. The van der Waals surface area contributed by atoms with Gasteiger partial charge in [-0.15, -0.1) is 11.6 Å². The van der Waals surface area contributed by atoms with E-state index in [1.54, 1.807) is 11.7 Å². The summed E-state index contributed by atoms with van der Waals surface area (Å²) in [6, 6.07) is 0.0198. The highest BCUT2D eigenvalue weighted by molar-refractivity contribution is 7.89. The minimum Gasteiger partial charge on any atom is -0.270 e. The van der Waals surface area contributed by atoms with E-state index >= 15 is 0 Å². The molecule has 0 amide bonds. The van der Waals surface area contributed by atoms with Crippen molar-refractivity contribution in [3.8, 4) is 0 Å². The summed E-state index contributed by atoms with van der Waals surface area (Å²) in [5.41, 5.74) is 0. The summed E-state index contributed by atoms with van der Waals surface area (Å²) >= 11 is 5.60. The lowest BCUT2D eigenvalue weighted by Gasteiger charge is -2.24. The van der Waals surface area contributed by atoms with Crippen molar-refractivity contribution >= 4 is 21.6 Å². The number of sulfonamides is 1. The van der Waals surface area contributed by atoms with E-state index in [0.29, 0.717) is 12.4 Å². The van der Waals surface area contributed by atoms with Crippen LogP contribution in [0.1, 0.15) is 26.7 Å². The Bertz CT molecular complexity index is 468. The molecule has 1 aromatic rings. The van der Waals surface area contributed by atoms with Gasteiger partial charge in [0.2, 0.25) is 10.0 Å².